The van der Waals surface area contributed by atoms with E-state index in [1.165, 1.54) is 19.3 Å². The van der Waals surface area contributed by atoms with Crippen LogP contribution in [0.1, 0.15) is 51.0 Å². The molecule has 1 aromatic rings. The Bertz CT molecular complexity index is 578. The van der Waals surface area contributed by atoms with Gasteiger partial charge in [0.1, 0.15) is 0 Å². The summed E-state index contributed by atoms with van der Waals surface area (Å²) in [6.45, 7) is 3.84. The number of nitrogens with two attached hydrogens (primary N) is 1. The minimum Gasteiger partial charge on any atom is -0.399 e. The van der Waals surface area contributed by atoms with Crippen molar-refractivity contribution in [1.82, 2.24) is 4.72 Å². The Morgan fingerprint density at radius 1 is 1.29 bits per heavy atom. The summed E-state index contributed by atoms with van der Waals surface area (Å²) in [5, 5.41) is 0. The maximum absolute atomic E-state index is 12.6. The number of benzene rings is 1. The molecule has 0 amide bonds. The maximum atomic E-state index is 12.6. The molecule has 1 aliphatic rings. The van der Waals surface area contributed by atoms with Gasteiger partial charge in [-0.05, 0) is 55.9 Å². The number of rotatable bonds is 5. The molecule has 0 saturated heterocycles. The second-order valence-corrected chi connectivity index (χ2v) is 7.74. The van der Waals surface area contributed by atoms with Crippen LogP contribution in [-0.4, -0.2) is 14.5 Å². The fraction of sp³-hybridized carbons (Fsp3) is 0.625. The summed E-state index contributed by atoms with van der Waals surface area (Å²) in [4.78, 5) is 0.339. The first-order chi connectivity index (χ1) is 9.94. The highest BCUT2D eigenvalue weighted by Crippen LogP contribution is 2.29. The van der Waals surface area contributed by atoms with Crippen molar-refractivity contribution in [3.8, 4) is 0 Å². The van der Waals surface area contributed by atoms with Gasteiger partial charge in [-0.3, -0.25) is 0 Å². The van der Waals surface area contributed by atoms with E-state index in [1.807, 2.05) is 0 Å². The lowest BCUT2D eigenvalue weighted by Gasteiger charge is -2.30. The number of aryl methyl sites for hydroxylation is 1. The highest BCUT2D eigenvalue weighted by Gasteiger charge is 2.27. The zero-order valence-electron chi connectivity index (χ0n) is 12.9. The number of sulfonamides is 1. The van der Waals surface area contributed by atoms with Crippen molar-refractivity contribution in [2.45, 2.75) is 63.3 Å². The van der Waals surface area contributed by atoms with E-state index >= 15 is 0 Å². The molecule has 2 rings (SSSR count). The summed E-state index contributed by atoms with van der Waals surface area (Å²) in [6, 6.07) is 4.98. The van der Waals surface area contributed by atoms with E-state index in [1.54, 1.807) is 25.1 Å². The van der Waals surface area contributed by atoms with Gasteiger partial charge in [-0.15, -0.1) is 0 Å². The van der Waals surface area contributed by atoms with E-state index < -0.39 is 10.0 Å². The molecule has 1 fully saturated rings. The minimum atomic E-state index is -3.47. The third-order valence-corrected chi connectivity index (χ3v) is 6.10. The van der Waals surface area contributed by atoms with Crippen molar-refractivity contribution in [2.75, 3.05) is 5.73 Å². The highest BCUT2D eigenvalue weighted by molar-refractivity contribution is 7.89. The third kappa shape index (κ3) is 3.98. The lowest BCUT2D eigenvalue weighted by Crippen LogP contribution is -2.40. The molecule has 1 aromatic carbocycles. The third-order valence-electron chi connectivity index (χ3n) is 4.45. The first-order valence-corrected chi connectivity index (χ1v) is 9.31. The van der Waals surface area contributed by atoms with Crippen LogP contribution in [0, 0.1) is 12.8 Å². The number of nitrogens with one attached hydrogen (secondary N) is 1. The Kier molecular flexibility index (Phi) is 5.27. The first kappa shape index (κ1) is 16.3. The van der Waals surface area contributed by atoms with Crippen LogP contribution in [0.15, 0.2) is 23.1 Å². The van der Waals surface area contributed by atoms with E-state index in [-0.39, 0.29) is 6.04 Å². The van der Waals surface area contributed by atoms with Crippen LogP contribution in [0.3, 0.4) is 0 Å². The average Bonchev–Trinajstić information content (AvgIpc) is 2.45. The molecule has 21 heavy (non-hydrogen) atoms. The van der Waals surface area contributed by atoms with Crippen molar-refractivity contribution in [1.29, 1.82) is 0 Å². The molecule has 0 radical (unpaired) electrons. The predicted molar refractivity (Wildman–Crippen MR) is 86.6 cm³/mol. The van der Waals surface area contributed by atoms with Gasteiger partial charge >= 0.3 is 0 Å². The average molecular weight is 310 g/mol. The molecule has 1 unspecified atom stereocenters. The quantitative estimate of drug-likeness (QED) is 0.820. The lowest BCUT2D eigenvalue weighted by atomic mass is 9.83. The second kappa shape index (κ2) is 6.79. The number of anilines is 1. The summed E-state index contributed by atoms with van der Waals surface area (Å²) in [5.74, 6) is 0.465. The molecule has 0 aliphatic heterocycles. The van der Waals surface area contributed by atoms with E-state index in [2.05, 4.69) is 11.6 Å². The number of hydrogen-bond acceptors (Lipinski definition) is 3. The first-order valence-electron chi connectivity index (χ1n) is 7.82. The molecule has 1 atom stereocenters. The van der Waals surface area contributed by atoms with Crippen LogP contribution in [0.25, 0.3) is 0 Å². The van der Waals surface area contributed by atoms with E-state index in [4.69, 9.17) is 5.73 Å². The SMILES string of the molecule is CCC(NS(=O)(=O)c1ccc(N)cc1C)C1CCCCC1. The van der Waals surface area contributed by atoms with Gasteiger partial charge in [-0.25, -0.2) is 13.1 Å². The standard InChI is InChI=1S/C16H26N2O2S/c1-3-15(13-7-5-4-6-8-13)18-21(19,20)16-10-9-14(17)11-12(16)2/h9-11,13,15,18H,3-8,17H2,1-2H3. The molecule has 0 aromatic heterocycles. The molecule has 1 aliphatic carbocycles. The summed E-state index contributed by atoms with van der Waals surface area (Å²) >= 11 is 0. The van der Waals surface area contributed by atoms with Crippen molar-refractivity contribution in [3.63, 3.8) is 0 Å². The lowest BCUT2D eigenvalue weighted by molar-refractivity contribution is 0.285. The maximum Gasteiger partial charge on any atom is 0.241 e. The molecular formula is C16H26N2O2S. The fourth-order valence-corrected chi connectivity index (χ4v) is 4.90. The Hall–Kier alpha value is -1.07. The number of hydrogen-bond donors (Lipinski definition) is 2. The number of nitrogen functional groups attached to an aromatic ring is 1. The molecule has 0 spiro atoms. The Morgan fingerprint density at radius 2 is 1.95 bits per heavy atom. The van der Waals surface area contributed by atoms with Gasteiger partial charge in [-0.1, -0.05) is 26.2 Å². The largest absolute Gasteiger partial charge is 0.399 e. The van der Waals surface area contributed by atoms with Crippen LogP contribution in [0.2, 0.25) is 0 Å². The van der Waals surface area contributed by atoms with Crippen LogP contribution < -0.4 is 10.5 Å². The summed E-state index contributed by atoms with van der Waals surface area (Å²) in [6.07, 6.45) is 6.78. The predicted octanol–water partition coefficient (Wildman–Crippen LogP) is 3.21. The second-order valence-electron chi connectivity index (χ2n) is 6.06. The normalized spacial score (nSPS) is 18.6. The van der Waals surface area contributed by atoms with Gasteiger partial charge < -0.3 is 5.73 Å². The zero-order chi connectivity index (χ0) is 15.5. The minimum absolute atomic E-state index is 0.0345. The van der Waals surface area contributed by atoms with Crippen LogP contribution in [0.5, 0.6) is 0 Å². The van der Waals surface area contributed by atoms with Crippen LogP contribution >= 0.6 is 0 Å². The van der Waals surface area contributed by atoms with Crippen LogP contribution in [0.4, 0.5) is 5.69 Å². The zero-order valence-corrected chi connectivity index (χ0v) is 13.7. The van der Waals surface area contributed by atoms with Gasteiger partial charge in [0.15, 0.2) is 0 Å². The molecule has 1 saturated carbocycles. The molecule has 0 heterocycles. The summed E-state index contributed by atoms with van der Waals surface area (Å²) in [7, 11) is -3.47. The molecule has 3 N–H and O–H groups in total. The smallest absolute Gasteiger partial charge is 0.241 e. The van der Waals surface area contributed by atoms with E-state index in [0.29, 0.717) is 22.1 Å². The Morgan fingerprint density at radius 3 is 2.52 bits per heavy atom. The van der Waals surface area contributed by atoms with E-state index in [0.717, 1.165) is 19.3 Å². The van der Waals surface area contributed by atoms with Crippen molar-refractivity contribution >= 4 is 15.7 Å². The van der Waals surface area contributed by atoms with Crippen LogP contribution in [-0.2, 0) is 10.0 Å². The molecule has 0 bridgehead atoms. The van der Waals surface area contributed by atoms with Crippen molar-refractivity contribution in [3.05, 3.63) is 23.8 Å². The molecule has 5 heteroatoms. The summed E-state index contributed by atoms with van der Waals surface area (Å²) in [5.41, 5.74) is 6.98. The monoisotopic (exact) mass is 310 g/mol. The van der Waals surface area contributed by atoms with Gasteiger partial charge in [0.05, 0.1) is 4.90 Å². The summed E-state index contributed by atoms with van der Waals surface area (Å²) < 4.78 is 28.2. The van der Waals surface area contributed by atoms with E-state index in [9.17, 15) is 8.42 Å². The van der Waals surface area contributed by atoms with Gasteiger partial charge in [-0.2, -0.15) is 0 Å². The fourth-order valence-electron chi connectivity index (χ4n) is 3.29. The van der Waals surface area contributed by atoms with Crippen molar-refractivity contribution in [2.24, 2.45) is 5.92 Å². The Labute approximate surface area is 128 Å². The van der Waals surface area contributed by atoms with Gasteiger partial charge in [0.25, 0.3) is 0 Å². The highest BCUT2D eigenvalue weighted by atomic mass is 32.2. The van der Waals surface area contributed by atoms with Gasteiger partial charge in [0, 0.05) is 11.7 Å². The molecule has 4 nitrogen and oxygen atoms in total. The molecule has 118 valence electrons. The van der Waals surface area contributed by atoms with Gasteiger partial charge in [0.2, 0.25) is 10.0 Å². The molecular weight excluding hydrogens is 284 g/mol. The topological polar surface area (TPSA) is 72.2 Å². The van der Waals surface area contributed by atoms with Crippen molar-refractivity contribution < 1.29 is 8.42 Å². The Balaban J connectivity index is 2.18.